The van der Waals surface area contributed by atoms with Crippen molar-refractivity contribution in [2.24, 2.45) is 0 Å². The molecule has 3 amide bonds. The second-order valence-electron chi connectivity index (χ2n) is 6.85. The van der Waals surface area contributed by atoms with Crippen molar-refractivity contribution in [3.63, 3.8) is 0 Å². The molecule has 6 nitrogen and oxygen atoms in total. The van der Waals surface area contributed by atoms with Crippen molar-refractivity contribution in [1.82, 2.24) is 15.5 Å². The fourth-order valence-corrected chi connectivity index (χ4v) is 3.53. The molecule has 0 saturated carbocycles. The summed E-state index contributed by atoms with van der Waals surface area (Å²) in [4.78, 5) is 37.5. The van der Waals surface area contributed by atoms with Gasteiger partial charge in [-0.25, -0.2) is 4.39 Å². The molecule has 2 heterocycles. The maximum absolute atomic E-state index is 14.4. The van der Waals surface area contributed by atoms with Gasteiger partial charge in [0.2, 0.25) is 11.8 Å². The maximum atomic E-state index is 14.4. The zero-order valence-electron chi connectivity index (χ0n) is 14.9. The minimum absolute atomic E-state index is 0.204. The highest BCUT2D eigenvalue weighted by Crippen LogP contribution is 2.29. The van der Waals surface area contributed by atoms with E-state index in [-0.39, 0.29) is 30.6 Å². The van der Waals surface area contributed by atoms with E-state index < -0.39 is 11.9 Å². The van der Waals surface area contributed by atoms with Crippen LogP contribution in [0.15, 0.2) is 12.1 Å². The van der Waals surface area contributed by atoms with Crippen molar-refractivity contribution in [2.75, 3.05) is 13.1 Å². The Kier molecular flexibility index (Phi) is 5.66. The van der Waals surface area contributed by atoms with Crippen molar-refractivity contribution < 1.29 is 18.8 Å². The highest BCUT2D eigenvalue weighted by molar-refractivity contribution is 6.05. The molecule has 0 spiro atoms. The molecule has 1 aromatic carbocycles. The molecule has 1 atom stereocenters. The summed E-state index contributed by atoms with van der Waals surface area (Å²) in [5.74, 6) is -1.34. The molecular weight excluding hydrogens is 337 g/mol. The Bertz CT molecular complexity index is 735. The summed E-state index contributed by atoms with van der Waals surface area (Å²) in [7, 11) is 0. The van der Waals surface area contributed by atoms with Crippen molar-refractivity contribution in [3.05, 3.63) is 34.6 Å². The van der Waals surface area contributed by atoms with Crippen LogP contribution < -0.4 is 10.6 Å². The van der Waals surface area contributed by atoms with E-state index in [1.807, 2.05) is 0 Å². The lowest BCUT2D eigenvalue weighted by Crippen LogP contribution is -2.52. The first kappa shape index (κ1) is 18.5. The van der Waals surface area contributed by atoms with Crippen molar-refractivity contribution in [2.45, 2.75) is 51.6 Å². The minimum Gasteiger partial charge on any atom is -0.322 e. The van der Waals surface area contributed by atoms with E-state index in [1.54, 1.807) is 6.07 Å². The lowest BCUT2D eigenvalue weighted by molar-refractivity contribution is -0.136. The van der Waals surface area contributed by atoms with Gasteiger partial charge in [0.25, 0.3) is 5.91 Å². The first-order chi connectivity index (χ1) is 12.5. The predicted molar refractivity (Wildman–Crippen MR) is 93.9 cm³/mol. The molecule has 2 aliphatic rings. The van der Waals surface area contributed by atoms with Gasteiger partial charge < -0.3 is 10.2 Å². The highest BCUT2D eigenvalue weighted by Gasteiger charge is 2.39. The molecule has 0 radical (unpaired) electrons. The van der Waals surface area contributed by atoms with Gasteiger partial charge in [-0.2, -0.15) is 0 Å². The molecule has 3 rings (SSSR count). The molecule has 2 aliphatic heterocycles. The summed E-state index contributed by atoms with van der Waals surface area (Å²) in [6, 6.07) is 2.37. The Morgan fingerprint density at radius 3 is 2.81 bits per heavy atom. The number of rotatable bonds is 7. The number of aryl methyl sites for hydroxylation is 1. The number of halogens is 1. The molecule has 26 heavy (non-hydrogen) atoms. The van der Waals surface area contributed by atoms with Crippen LogP contribution in [0.5, 0.6) is 0 Å². The van der Waals surface area contributed by atoms with E-state index in [9.17, 15) is 18.8 Å². The number of nitrogens with one attached hydrogen (secondary N) is 2. The second kappa shape index (κ2) is 7.95. The first-order valence-corrected chi connectivity index (χ1v) is 9.18. The van der Waals surface area contributed by atoms with Crippen LogP contribution in [0.3, 0.4) is 0 Å². The molecule has 0 aliphatic carbocycles. The molecule has 1 aromatic rings. The van der Waals surface area contributed by atoms with Gasteiger partial charge in [-0.15, -0.1) is 0 Å². The number of nitrogens with zero attached hydrogens (tertiary/aromatic N) is 1. The number of hydrogen-bond donors (Lipinski definition) is 2. The molecule has 2 N–H and O–H groups in total. The second-order valence-corrected chi connectivity index (χ2v) is 6.85. The van der Waals surface area contributed by atoms with Gasteiger partial charge in [0.1, 0.15) is 11.9 Å². The molecule has 1 saturated heterocycles. The van der Waals surface area contributed by atoms with Gasteiger partial charge in [-0.05, 0) is 62.0 Å². The number of fused-ring (bicyclic) bond motifs is 1. The molecule has 140 valence electrons. The fourth-order valence-electron chi connectivity index (χ4n) is 3.53. The van der Waals surface area contributed by atoms with Crippen LogP contribution in [-0.2, 0) is 22.6 Å². The van der Waals surface area contributed by atoms with Gasteiger partial charge >= 0.3 is 0 Å². The third kappa shape index (κ3) is 3.77. The van der Waals surface area contributed by atoms with Crippen LogP contribution in [-0.4, -0.2) is 41.8 Å². The quantitative estimate of drug-likeness (QED) is 0.570. The summed E-state index contributed by atoms with van der Waals surface area (Å²) >= 11 is 0. The summed E-state index contributed by atoms with van der Waals surface area (Å²) in [6.07, 6.45) is 2.92. The third-order valence-electron chi connectivity index (χ3n) is 4.92. The Morgan fingerprint density at radius 1 is 1.27 bits per heavy atom. The van der Waals surface area contributed by atoms with E-state index in [0.717, 1.165) is 25.9 Å². The number of hydrogen-bond acceptors (Lipinski definition) is 4. The largest absolute Gasteiger partial charge is 0.322 e. The third-order valence-corrected chi connectivity index (χ3v) is 4.92. The van der Waals surface area contributed by atoms with E-state index in [0.29, 0.717) is 29.5 Å². The lowest BCUT2D eigenvalue weighted by Gasteiger charge is -2.29. The molecule has 1 unspecified atom stereocenters. The van der Waals surface area contributed by atoms with Gasteiger partial charge in [0, 0.05) is 18.5 Å². The van der Waals surface area contributed by atoms with Gasteiger partial charge in [-0.3, -0.25) is 19.7 Å². The minimum atomic E-state index is -0.669. The molecule has 7 heteroatoms. The Morgan fingerprint density at radius 2 is 2.08 bits per heavy atom. The molecule has 0 aromatic heterocycles. The molecule has 1 fully saturated rings. The van der Waals surface area contributed by atoms with Crippen LogP contribution >= 0.6 is 0 Å². The molecular formula is C19H24FN3O3. The number of amides is 3. The number of carbonyl (C=O) groups is 3. The van der Waals surface area contributed by atoms with Crippen LogP contribution in [0, 0.1) is 5.82 Å². The van der Waals surface area contributed by atoms with Crippen LogP contribution in [0.2, 0.25) is 0 Å². The SMILES string of the molecule is CCCNCCCc1cc2c(cc1F)CN(C1CCC(=O)NC1=O)C2=O. The number of imide groups is 1. The average Bonchev–Trinajstić information content (AvgIpc) is 2.90. The standard InChI is InChI=1S/C19H24FN3O3/c1-2-7-21-8-3-4-12-9-14-13(10-15(12)20)11-23(19(14)26)16-5-6-17(24)22-18(16)25/h9-10,16,21H,2-8,11H2,1H3,(H,22,24,25). The van der Waals surface area contributed by atoms with Crippen LogP contribution in [0.25, 0.3) is 0 Å². The van der Waals surface area contributed by atoms with Crippen molar-refractivity contribution in [1.29, 1.82) is 0 Å². The average molecular weight is 361 g/mol. The number of benzene rings is 1. The van der Waals surface area contributed by atoms with E-state index in [1.165, 1.54) is 11.0 Å². The van der Waals surface area contributed by atoms with Crippen LogP contribution in [0.4, 0.5) is 4.39 Å². The summed E-state index contributed by atoms with van der Waals surface area (Å²) in [6.45, 7) is 4.04. The van der Waals surface area contributed by atoms with Crippen molar-refractivity contribution in [3.8, 4) is 0 Å². The summed E-state index contributed by atoms with van der Waals surface area (Å²) in [5, 5.41) is 5.54. The highest BCUT2D eigenvalue weighted by atomic mass is 19.1. The monoisotopic (exact) mass is 361 g/mol. The van der Waals surface area contributed by atoms with E-state index in [2.05, 4.69) is 17.6 Å². The Labute approximate surface area is 152 Å². The lowest BCUT2D eigenvalue weighted by atomic mass is 10.0. The Balaban J connectivity index is 1.70. The zero-order valence-corrected chi connectivity index (χ0v) is 14.9. The Hall–Kier alpha value is -2.28. The number of carbonyl (C=O) groups excluding carboxylic acids is 3. The topological polar surface area (TPSA) is 78.5 Å². The van der Waals surface area contributed by atoms with Crippen molar-refractivity contribution >= 4 is 17.7 Å². The molecule has 0 bridgehead atoms. The van der Waals surface area contributed by atoms with Gasteiger partial charge in [-0.1, -0.05) is 6.92 Å². The van der Waals surface area contributed by atoms with E-state index >= 15 is 0 Å². The van der Waals surface area contributed by atoms with E-state index in [4.69, 9.17) is 0 Å². The summed E-state index contributed by atoms with van der Waals surface area (Å²) < 4.78 is 14.4. The first-order valence-electron chi connectivity index (χ1n) is 9.18. The predicted octanol–water partition coefficient (Wildman–Crippen LogP) is 1.52. The zero-order chi connectivity index (χ0) is 18.7. The van der Waals surface area contributed by atoms with Crippen LogP contribution in [0.1, 0.15) is 54.1 Å². The summed E-state index contributed by atoms with van der Waals surface area (Å²) in [5.41, 5.74) is 1.60. The van der Waals surface area contributed by atoms with Gasteiger partial charge in [0.15, 0.2) is 0 Å². The number of piperidine rings is 1. The maximum Gasteiger partial charge on any atom is 0.255 e. The van der Waals surface area contributed by atoms with Gasteiger partial charge in [0.05, 0.1) is 0 Å². The normalized spacial score (nSPS) is 19.7. The smallest absolute Gasteiger partial charge is 0.255 e. The fraction of sp³-hybridized carbons (Fsp3) is 0.526.